The number of carbonyl (C=O) groups excluding carboxylic acids is 2. The van der Waals surface area contributed by atoms with Crippen molar-refractivity contribution in [1.82, 2.24) is 25.5 Å². The fourth-order valence-corrected chi connectivity index (χ4v) is 2.91. The first-order valence-electron chi connectivity index (χ1n) is 8.21. The lowest BCUT2D eigenvalue weighted by atomic mass is 10.2. The van der Waals surface area contributed by atoms with Crippen LogP contribution in [0.2, 0.25) is 0 Å². The number of fused-ring (bicyclic) bond motifs is 1. The van der Waals surface area contributed by atoms with Gasteiger partial charge in [-0.15, -0.1) is 0 Å². The molecule has 1 aliphatic heterocycles. The molecule has 0 radical (unpaired) electrons. The molecular weight excluding hydrogens is 358 g/mol. The second-order valence-corrected chi connectivity index (χ2v) is 5.97. The largest absolute Gasteiger partial charge is 0.351 e. The molecule has 10 heteroatoms. The summed E-state index contributed by atoms with van der Waals surface area (Å²) in [7, 11) is 0. The van der Waals surface area contributed by atoms with E-state index in [0.717, 1.165) is 18.6 Å². The van der Waals surface area contributed by atoms with E-state index in [1.165, 1.54) is 12.3 Å². The molecule has 8 nitrogen and oxygen atoms in total. The third kappa shape index (κ3) is 3.05. The van der Waals surface area contributed by atoms with Crippen LogP contribution in [0.3, 0.4) is 0 Å². The van der Waals surface area contributed by atoms with Crippen LogP contribution in [0, 0.1) is 11.6 Å². The Labute approximate surface area is 151 Å². The van der Waals surface area contributed by atoms with Crippen LogP contribution in [-0.4, -0.2) is 38.5 Å². The molecule has 0 unspecified atom stereocenters. The fraction of sp³-hybridized carbons (Fsp3) is 0.176. The number of H-pyrrole nitrogens is 2. The maximum atomic E-state index is 13.8. The molecule has 0 fully saturated rings. The Morgan fingerprint density at radius 1 is 1.19 bits per heavy atom. The lowest BCUT2D eigenvalue weighted by Gasteiger charge is -2.06. The number of halogens is 2. The molecule has 27 heavy (non-hydrogen) atoms. The van der Waals surface area contributed by atoms with Crippen molar-refractivity contribution in [2.24, 2.45) is 0 Å². The van der Waals surface area contributed by atoms with Gasteiger partial charge >= 0.3 is 0 Å². The highest BCUT2D eigenvalue weighted by molar-refractivity contribution is 6.06. The van der Waals surface area contributed by atoms with Gasteiger partial charge < -0.3 is 15.6 Å². The number of aromatic nitrogens is 4. The molecule has 138 valence electrons. The van der Waals surface area contributed by atoms with Gasteiger partial charge in [0.25, 0.3) is 11.8 Å². The normalized spacial score (nSPS) is 13.6. The van der Waals surface area contributed by atoms with Crippen LogP contribution in [0.5, 0.6) is 0 Å². The maximum Gasteiger partial charge on any atom is 0.271 e. The first kappa shape index (κ1) is 16.9. The maximum absolute atomic E-state index is 13.8. The summed E-state index contributed by atoms with van der Waals surface area (Å²) in [5.41, 5.74) is 0.635. The number of rotatable bonds is 3. The lowest BCUT2D eigenvalue weighted by molar-refractivity contribution is 0.0950. The average molecular weight is 372 g/mol. The summed E-state index contributed by atoms with van der Waals surface area (Å²) in [5.74, 6) is -2.93. The summed E-state index contributed by atoms with van der Waals surface area (Å²) in [5, 5.41) is 11.7. The summed E-state index contributed by atoms with van der Waals surface area (Å²) in [6.45, 7) is 0.566. The van der Waals surface area contributed by atoms with Gasteiger partial charge in [0.1, 0.15) is 22.9 Å². The minimum atomic E-state index is -0.973. The molecule has 0 saturated heterocycles. The summed E-state index contributed by atoms with van der Waals surface area (Å²) in [4.78, 5) is 31.6. The summed E-state index contributed by atoms with van der Waals surface area (Å²) in [6, 6.07) is 3.17. The van der Waals surface area contributed by atoms with E-state index in [1.54, 1.807) is 0 Å². The van der Waals surface area contributed by atoms with E-state index in [0.29, 0.717) is 18.7 Å². The molecule has 4 N–H and O–H groups in total. The molecule has 0 bridgehead atoms. The first-order chi connectivity index (χ1) is 13.0. The van der Waals surface area contributed by atoms with E-state index in [-0.39, 0.29) is 28.8 Å². The summed E-state index contributed by atoms with van der Waals surface area (Å²) >= 11 is 0. The molecule has 0 spiro atoms. The standard InChI is InChI=1S/C17H14F2N6O2/c18-8-3-1-4-9(19)12(8)16(26)23-11-7-21-25-13(11)15-22-10-5-2-6-20-17(27)14(10)24-15/h1,3-4,7H,2,5-6H2,(H,20,27)(H,21,25)(H,22,24)(H,23,26). The molecule has 3 aromatic rings. The quantitative estimate of drug-likeness (QED) is 0.563. The van der Waals surface area contributed by atoms with Gasteiger partial charge in [-0.1, -0.05) is 6.07 Å². The summed E-state index contributed by atoms with van der Waals surface area (Å²) in [6.07, 6.45) is 2.75. The van der Waals surface area contributed by atoms with Crippen molar-refractivity contribution >= 4 is 17.5 Å². The minimum absolute atomic E-state index is 0.173. The number of nitrogens with one attached hydrogen (secondary N) is 4. The molecule has 0 aliphatic carbocycles. The van der Waals surface area contributed by atoms with Gasteiger partial charge in [-0.05, 0) is 25.0 Å². The Balaban J connectivity index is 1.65. The molecule has 1 aromatic carbocycles. The van der Waals surface area contributed by atoms with Crippen molar-refractivity contribution in [3.63, 3.8) is 0 Å². The number of nitrogens with zero attached hydrogens (tertiary/aromatic N) is 2. The second-order valence-electron chi connectivity index (χ2n) is 5.97. The predicted octanol–water partition coefficient (Wildman–Crippen LogP) is 2.01. The van der Waals surface area contributed by atoms with Gasteiger partial charge in [-0.25, -0.2) is 13.8 Å². The SMILES string of the molecule is O=C1NCCCc2[nH]c(-c3n[nH]cc3NC(=O)c3c(F)cccc3F)nc21. The number of amides is 2. The van der Waals surface area contributed by atoms with Crippen LogP contribution in [0.1, 0.15) is 33.0 Å². The van der Waals surface area contributed by atoms with Crippen molar-refractivity contribution in [1.29, 1.82) is 0 Å². The first-order valence-corrected chi connectivity index (χ1v) is 8.21. The van der Waals surface area contributed by atoms with Gasteiger partial charge in [-0.2, -0.15) is 5.10 Å². The zero-order chi connectivity index (χ0) is 19.0. The van der Waals surface area contributed by atoms with E-state index >= 15 is 0 Å². The van der Waals surface area contributed by atoms with E-state index in [9.17, 15) is 18.4 Å². The zero-order valence-corrected chi connectivity index (χ0v) is 13.9. The highest BCUT2D eigenvalue weighted by atomic mass is 19.1. The zero-order valence-electron chi connectivity index (χ0n) is 13.9. The number of aromatic amines is 2. The highest BCUT2D eigenvalue weighted by Gasteiger charge is 2.24. The van der Waals surface area contributed by atoms with Crippen LogP contribution in [0.25, 0.3) is 11.5 Å². The van der Waals surface area contributed by atoms with Crippen molar-refractivity contribution < 1.29 is 18.4 Å². The van der Waals surface area contributed by atoms with Crippen LogP contribution < -0.4 is 10.6 Å². The lowest BCUT2D eigenvalue weighted by Crippen LogP contribution is -2.23. The molecule has 0 saturated carbocycles. The molecule has 1 aliphatic rings. The number of carbonyl (C=O) groups is 2. The Bertz CT molecular complexity index is 1020. The van der Waals surface area contributed by atoms with Crippen LogP contribution in [0.15, 0.2) is 24.4 Å². The molecule has 4 rings (SSSR count). The molecule has 3 heterocycles. The average Bonchev–Trinajstić information content (AvgIpc) is 3.21. The Kier molecular flexibility index (Phi) is 4.15. The van der Waals surface area contributed by atoms with Crippen molar-refractivity contribution in [2.45, 2.75) is 12.8 Å². The number of anilines is 1. The molecule has 0 atom stereocenters. The Hall–Kier alpha value is -3.56. The number of aryl methyl sites for hydroxylation is 1. The number of hydrogen-bond acceptors (Lipinski definition) is 4. The molecular formula is C17H14F2N6O2. The smallest absolute Gasteiger partial charge is 0.271 e. The van der Waals surface area contributed by atoms with Crippen LogP contribution in [0.4, 0.5) is 14.5 Å². The van der Waals surface area contributed by atoms with Gasteiger partial charge in [-0.3, -0.25) is 14.7 Å². The van der Waals surface area contributed by atoms with Crippen molar-refractivity contribution in [3.05, 3.63) is 53.0 Å². The summed E-state index contributed by atoms with van der Waals surface area (Å²) < 4.78 is 27.6. The van der Waals surface area contributed by atoms with Gasteiger partial charge in [0.2, 0.25) is 0 Å². The minimum Gasteiger partial charge on any atom is -0.351 e. The van der Waals surface area contributed by atoms with Gasteiger partial charge in [0.15, 0.2) is 11.5 Å². The molecule has 2 amide bonds. The van der Waals surface area contributed by atoms with Crippen LogP contribution in [-0.2, 0) is 6.42 Å². The van der Waals surface area contributed by atoms with Crippen LogP contribution >= 0.6 is 0 Å². The van der Waals surface area contributed by atoms with E-state index < -0.39 is 23.1 Å². The van der Waals surface area contributed by atoms with E-state index in [2.05, 4.69) is 30.8 Å². The Morgan fingerprint density at radius 3 is 2.74 bits per heavy atom. The molecule has 2 aromatic heterocycles. The number of benzene rings is 1. The topological polar surface area (TPSA) is 116 Å². The Morgan fingerprint density at radius 2 is 1.96 bits per heavy atom. The third-order valence-corrected chi connectivity index (χ3v) is 4.19. The van der Waals surface area contributed by atoms with E-state index in [4.69, 9.17) is 0 Å². The van der Waals surface area contributed by atoms with Gasteiger partial charge in [0, 0.05) is 18.4 Å². The monoisotopic (exact) mass is 372 g/mol. The third-order valence-electron chi connectivity index (χ3n) is 4.19. The van der Waals surface area contributed by atoms with Gasteiger partial charge in [0.05, 0.1) is 5.69 Å². The number of imidazole rings is 1. The van der Waals surface area contributed by atoms with E-state index in [1.807, 2.05) is 0 Å². The fourth-order valence-electron chi connectivity index (χ4n) is 2.91. The number of hydrogen-bond donors (Lipinski definition) is 4. The van der Waals surface area contributed by atoms with Crippen molar-refractivity contribution in [3.8, 4) is 11.5 Å². The highest BCUT2D eigenvalue weighted by Crippen LogP contribution is 2.26. The predicted molar refractivity (Wildman–Crippen MR) is 91.1 cm³/mol. The second kappa shape index (κ2) is 6.63. The van der Waals surface area contributed by atoms with Crippen molar-refractivity contribution in [2.75, 3.05) is 11.9 Å².